The minimum atomic E-state index is -4.80. The average Bonchev–Trinajstić information content (AvgIpc) is 3.38. The van der Waals surface area contributed by atoms with Gasteiger partial charge in [-0.25, -0.2) is 4.79 Å². The van der Waals surface area contributed by atoms with Crippen LogP contribution in [0.1, 0.15) is 44.6 Å². The maximum absolute atomic E-state index is 12.4. The Hall–Kier alpha value is -5.53. The molecule has 0 bridgehead atoms. The van der Waals surface area contributed by atoms with Crippen molar-refractivity contribution in [1.29, 1.82) is 0 Å². The van der Waals surface area contributed by atoms with E-state index in [-0.39, 0.29) is 22.2 Å². The van der Waals surface area contributed by atoms with Gasteiger partial charge in [0.1, 0.15) is 22.9 Å². The van der Waals surface area contributed by atoms with Gasteiger partial charge >= 0.3 is 12.4 Å². The number of nitrogens with zero attached hydrogens (tertiary/aromatic N) is 2. The first-order valence-corrected chi connectivity index (χ1v) is 16.0. The number of hydrogen-bond donors (Lipinski definition) is 3. The van der Waals surface area contributed by atoms with Crippen LogP contribution in [0, 0.1) is 6.92 Å². The number of halogens is 5. The molecule has 4 amide bonds. The molecule has 0 fully saturated rings. The molecule has 0 radical (unpaired) electrons. The van der Waals surface area contributed by atoms with Crippen LogP contribution in [0.4, 0.5) is 23.7 Å². The van der Waals surface area contributed by atoms with Gasteiger partial charge in [0.2, 0.25) is 0 Å². The molecule has 5 aromatic rings. The minimum absolute atomic E-state index is 0.114. The number of urea groups is 1. The van der Waals surface area contributed by atoms with Gasteiger partial charge in [-0.3, -0.25) is 19.6 Å². The normalized spacial score (nSPS) is 10.7. The van der Waals surface area contributed by atoms with Gasteiger partial charge in [0.25, 0.3) is 11.8 Å². The molecule has 0 atom stereocenters. The Balaban J connectivity index is 0.000000230. The lowest BCUT2D eigenvalue weighted by molar-refractivity contribution is -0.274. The largest absolute Gasteiger partial charge is 0.573 e. The van der Waals surface area contributed by atoms with Gasteiger partial charge in [-0.2, -0.15) is 5.10 Å². The van der Waals surface area contributed by atoms with E-state index in [2.05, 4.69) is 25.8 Å². The van der Waals surface area contributed by atoms with Crippen molar-refractivity contribution in [2.75, 3.05) is 5.32 Å². The molecule has 1 aromatic heterocycles. The van der Waals surface area contributed by atoms with E-state index >= 15 is 0 Å². The second-order valence-corrected chi connectivity index (χ2v) is 11.6. The Morgan fingerprint density at radius 3 is 1.98 bits per heavy atom. The van der Waals surface area contributed by atoms with E-state index in [1.165, 1.54) is 34.5 Å². The van der Waals surface area contributed by atoms with Gasteiger partial charge < -0.3 is 20.1 Å². The predicted molar refractivity (Wildman–Crippen MR) is 188 cm³/mol. The van der Waals surface area contributed by atoms with Crippen molar-refractivity contribution in [3.05, 3.63) is 135 Å². The maximum Gasteiger partial charge on any atom is 0.573 e. The van der Waals surface area contributed by atoms with Gasteiger partial charge in [0.15, 0.2) is 0 Å². The molecular formula is C36H32Cl2F3N5O5. The molecule has 10 nitrogen and oxygen atoms in total. The van der Waals surface area contributed by atoms with Crippen molar-refractivity contribution in [2.45, 2.75) is 33.2 Å². The molecule has 0 aliphatic carbocycles. The van der Waals surface area contributed by atoms with Gasteiger partial charge in [0.05, 0.1) is 21.3 Å². The summed E-state index contributed by atoms with van der Waals surface area (Å²) >= 11 is 12.1. The van der Waals surface area contributed by atoms with Gasteiger partial charge in [-0.15, -0.1) is 13.2 Å². The number of carbonyl (C=O) groups excluding carboxylic acids is 3. The molecule has 0 saturated carbocycles. The number of carbonyl (C=O) groups is 3. The maximum atomic E-state index is 12.4. The summed E-state index contributed by atoms with van der Waals surface area (Å²) in [5.41, 5.74) is 3.55. The van der Waals surface area contributed by atoms with Crippen LogP contribution in [-0.2, 0) is 20.0 Å². The highest BCUT2D eigenvalue weighted by atomic mass is 35.5. The number of benzene rings is 4. The average molecular weight is 743 g/mol. The van der Waals surface area contributed by atoms with E-state index in [0.717, 1.165) is 34.9 Å². The highest BCUT2D eigenvalue weighted by molar-refractivity contribution is 6.34. The van der Waals surface area contributed by atoms with Crippen LogP contribution in [0.3, 0.4) is 0 Å². The smallest absolute Gasteiger partial charge is 0.457 e. The molecule has 0 aliphatic heterocycles. The molecule has 0 spiro atoms. The fourth-order valence-electron chi connectivity index (χ4n) is 4.43. The second kappa shape index (κ2) is 17.4. The Kier molecular flexibility index (Phi) is 13.1. The van der Waals surface area contributed by atoms with Crippen LogP contribution in [0.15, 0.2) is 97.1 Å². The number of alkyl halides is 3. The molecule has 0 saturated heterocycles. The zero-order valence-electron chi connectivity index (χ0n) is 27.5. The standard InChI is InChI=1S/C21H22ClN3O2.C15H10ClF3N2O3/c1-4-18-19(22)20(25(3)24-18)21(26)23-13-15-7-11-17(12-8-15)27-16-9-5-14(2)6-10-16;16-12-4-2-1-3-11(12)13(22)21-14(23)20-9-5-7-10(8-6-9)24-15(17,18)19/h5-12H,4,13H2,1-3H3,(H,23,26);1-8H,(H2,20,21,22,23). The van der Waals surface area contributed by atoms with Crippen molar-refractivity contribution in [2.24, 2.45) is 7.05 Å². The minimum Gasteiger partial charge on any atom is -0.457 e. The van der Waals surface area contributed by atoms with Crippen molar-refractivity contribution in [1.82, 2.24) is 20.4 Å². The van der Waals surface area contributed by atoms with Crippen molar-refractivity contribution in [3.8, 4) is 17.2 Å². The SMILES string of the molecule is CCc1nn(C)c(C(=O)NCc2ccc(Oc3ccc(C)cc3)cc2)c1Cl.O=C(NC(=O)c1ccccc1Cl)Nc1ccc(OC(F)(F)F)cc1. The number of amides is 4. The van der Waals surface area contributed by atoms with Crippen molar-refractivity contribution >= 4 is 46.7 Å². The number of hydrogen-bond acceptors (Lipinski definition) is 6. The summed E-state index contributed by atoms with van der Waals surface area (Å²) in [6.07, 6.45) is -4.11. The molecule has 5 rings (SSSR count). The quantitative estimate of drug-likeness (QED) is 0.139. The summed E-state index contributed by atoms with van der Waals surface area (Å²) in [7, 11) is 1.72. The summed E-state index contributed by atoms with van der Waals surface area (Å²) in [6, 6.07) is 25.2. The molecule has 266 valence electrons. The lowest BCUT2D eigenvalue weighted by atomic mass is 10.2. The lowest BCUT2D eigenvalue weighted by Gasteiger charge is -2.10. The summed E-state index contributed by atoms with van der Waals surface area (Å²) in [4.78, 5) is 36.0. The lowest BCUT2D eigenvalue weighted by Crippen LogP contribution is -2.34. The highest BCUT2D eigenvalue weighted by Gasteiger charge is 2.31. The van der Waals surface area contributed by atoms with E-state index in [0.29, 0.717) is 23.7 Å². The fraction of sp³-hybridized carbons (Fsp3) is 0.167. The molecule has 1 heterocycles. The van der Waals surface area contributed by atoms with E-state index in [1.54, 1.807) is 19.2 Å². The fourth-order valence-corrected chi connectivity index (χ4v) is 5.03. The zero-order valence-corrected chi connectivity index (χ0v) is 29.0. The van der Waals surface area contributed by atoms with Crippen molar-refractivity contribution in [3.63, 3.8) is 0 Å². The van der Waals surface area contributed by atoms with Gasteiger partial charge in [0, 0.05) is 19.3 Å². The molecule has 0 unspecified atom stereocenters. The Labute approximate surface area is 301 Å². The monoisotopic (exact) mass is 741 g/mol. The number of aryl methyl sites for hydroxylation is 3. The van der Waals surface area contributed by atoms with Gasteiger partial charge in [-0.1, -0.05) is 72.1 Å². The molecule has 0 aliphatic rings. The highest BCUT2D eigenvalue weighted by Crippen LogP contribution is 2.25. The van der Waals surface area contributed by atoms with E-state index in [9.17, 15) is 27.6 Å². The number of ether oxygens (including phenoxy) is 2. The number of imide groups is 1. The number of nitrogens with one attached hydrogen (secondary N) is 3. The molecule has 4 aromatic carbocycles. The van der Waals surface area contributed by atoms with Crippen LogP contribution in [0.25, 0.3) is 0 Å². The number of rotatable bonds is 9. The molecule has 15 heteroatoms. The Bertz CT molecular complexity index is 1970. The summed E-state index contributed by atoms with van der Waals surface area (Å²) in [5.74, 6) is 0.154. The van der Waals surface area contributed by atoms with Crippen LogP contribution in [-0.4, -0.2) is 34.0 Å². The second-order valence-electron chi connectivity index (χ2n) is 10.8. The van der Waals surface area contributed by atoms with Crippen LogP contribution >= 0.6 is 23.2 Å². The first kappa shape index (κ1) is 38.3. The first-order chi connectivity index (χ1) is 24.2. The number of aromatic nitrogens is 2. The van der Waals surface area contributed by atoms with Crippen LogP contribution in [0.2, 0.25) is 10.0 Å². The third-order valence-electron chi connectivity index (χ3n) is 6.93. The van der Waals surface area contributed by atoms with E-state index in [4.69, 9.17) is 27.9 Å². The summed E-state index contributed by atoms with van der Waals surface area (Å²) in [6.45, 7) is 4.39. The Morgan fingerprint density at radius 1 is 0.824 bits per heavy atom. The van der Waals surface area contributed by atoms with E-state index < -0.39 is 24.1 Å². The predicted octanol–water partition coefficient (Wildman–Crippen LogP) is 8.87. The third kappa shape index (κ3) is 11.5. The van der Waals surface area contributed by atoms with E-state index in [1.807, 2.05) is 62.4 Å². The van der Waals surface area contributed by atoms with Gasteiger partial charge in [-0.05, 0) is 79.6 Å². The third-order valence-corrected chi connectivity index (χ3v) is 7.66. The summed E-state index contributed by atoms with van der Waals surface area (Å²) < 4.78 is 47.2. The summed E-state index contributed by atoms with van der Waals surface area (Å²) in [5, 5.41) is 12.1. The van der Waals surface area contributed by atoms with Crippen LogP contribution in [0.5, 0.6) is 17.2 Å². The topological polar surface area (TPSA) is 124 Å². The molecule has 3 N–H and O–H groups in total. The molecule has 51 heavy (non-hydrogen) atoms. The number of anilines is 1. The first-order valence-electron chi connectivity index (χ1n) is 15.3. The van der Waals surface area contributed by atoms with Crippen LogP contribution < -0.4 is 25.4 Å². The zero-order chi connectivity index (χ0) is 37.1. The van der Waals surface area contributed by atoms with Crippen molar-refractivity contribution < 1.29 is 37.0 Å². The molecular weight excluding hydrogens is 710 g/mol. The Morgan fingerprint density at radius 2 is 1.41 bits per heavy atom.